The Morgan fingerprint density at radius 1 is 1.00 bits per heavy atom. The van der Waals surface area contributed by atoms with E-state index in [0.29, 0.717) is 12.5 Å². The predicted octanol–water partition coefficient (Wildman–Crippen LogP) is 2.06. The van der Waals surface area contributed by atoms with Gasteiger partial charge in [-0.25, -0.2) is 0 Å². The maximum absolute atomic E-state index is 5.42. The molecule has 2 rings (SSSR count). The molecule has 0 atom stereocenters. The highest BCUT2D eigenvalue weighted by Gasteiger charge is 1.94. The van der Waals surface area contributed by atoms with Crippen LogP contribution < -0.4 is 4.74 Å². The largest absolute Gasteiger partial charge is 0.472 e. The Morgan fingerprint density at radius 3 is 2.57 bits per heavy atom. The van der Waals surface area contributed by atoms with Crippen LogP contribution in [0, 0.1) is 0 Å². The maximum Gasteiger partial charge on any atom is 0.233 e. The number of ether oxygens (including phenoxy) is 1. The number of nitrogens with zero attached hydrogens (tertiary/aromatic N) is 2. The van der Waals surface area contributed by atoms with Crippen LogP contribution in [-0.4, -0.2) is 10.2 Å². The van der Waals surface area contributed by atoms with E-state index >= 15 is 0 Å². The molecule has 1 aromatic carbocycles. The van der Waals surface area contributed by atoms with Crippen LogP contribution in [0.5, 0.6) is 5.88 Å². The standard InChI is InChI=1S/C11H10N2O/c1-2-5-10(6-3-1)9-14-11-7-4-8-12-13-11/h1-8H,9H2. The van der Waals surface area contributed by atoms with E-state index in [0.717, 1.165) is 5.56 Å². The van der Waals surface area contributed by atoms with Crippen molar-refractivity contribution in [3.05, 3.63) is 54.2 Å². The molecule has 0 spiro atoms. The third-order valence-electron chi connectivity index (χ3n) is 1.78. The zero-order valence-corrected chi connectivity index (χ0v) is 7.63. The van der Waals surface area contributed by atoms with Gasteiger partial charge in [-0.2, -0.15) is 5.10 Å². The second kappa shape index (κ2) is 4.37. The summed E-state index contributed by atoms with van der Waals surface area (Å²) in [6.45, 7) is 0.527. The van der Waals surface area contributed by atoms with Gasteiger partial charge in [0.2, 0.25) is 5.88 Å². The first-order valence-electron chi connectivity index (χ1n) is 4.39. The number of rotatable bonds is 3. The van der Waals surface area contributed by atoms with Crippen LogP contribution in [0.15, 0.2) is 48.7 Å². The molecule has 0 radical (unpaired) electrons. The zero-order chi connectivity index (χ0) is 9.64. The molecule has 14 heavy (non-hydrogen) atoms. The van der Waals surface area contributed by atoms with Crippen molar-refractivity contribution in [2.24, 2.45) is 0 Å². The number of aromatic nitrogens is 2. The highest BCUT2D eigenvalue weighted by atomic mass is 16.5. The lowest BCUT2D eigenvalue weighted by molar-refractivity contribution is 0.290. The first-order valence-corrected chi connectivity index (χ1v) is 4.39. The summed E-state index contributed by atoms with van der Waals surface area (Å²) in [5, 5.41) is 7.54. The normalized spacial score (nSPS) is 9.71. The third kappa shape index (κ3) is 2.29. The van der Waals surface area contributed by atoms with E-state index in [1.54, 1.807) is 18.3 Å². The first-order chi connectivity index (χ1) is 6.95. The molecular weight excluding hydrogens is 176 g/mol. The van der Waals surface area contributed by atoms with Crippen LogP contribution in [0.4, 0.5) is 0 Å². The topological polar surface area (TPSA) is 35.0 Å². The molecular formula is C11H10N2O. The summed E-state index contributed by atoms with van der Waals surface area (Å²) in [4.78, 5) is 0. The Hall–Kier alpha value is -1.90. The molecule has 0 aliphatic rings. The third-order valence-corrected chi connectivity index (χ3v) is 1.78. The molecule has 0 saturated carbocycles. The van der Waals surface area contributed by atoms with Gasteiger partial charge in [0.25, 0.3) is 0 Å². The van der Waals surface area contributed by atoms with Crippen LogP contribution >= 0.6 is 0 Å². The van der Waals surface area contributed by atoms with E-state index in [-0.39, 0.29) is 0 Å². The minimum atomic E-state index is 0.527. The van der Waals surface area contributed by atoms with Gasteiger partial charge in [-0.1, -0.05) is 30.3 Å². The summed E-state index contributed by atoms with van der Waals surface area (Å²) in [6.07, 6.45) is 1.62. The molecule has 0 fully saturated rings. The van der Waals surface area contributed by atoms with Crippen molar-refractivity contribution in [1.82, 2.24) is 10.2 Å². The molecule has 0 N–H and O–H groups in total. The monoisotopic (exact) mass is 186 g/mol. The Kier molecular flexibility index (Phi) is 2.71. The van der Waals surface area contributed by atoms with E-state index in [1.165, 1.54) is 0 Å². The maximum atomic E-state index is 5.42. The lowest BCUT2D eigenvalue weighted by Crippen LogP contribution is -1.97. The van der Waals surface area contributed by atoms with Gasteiger partial charge >= 0.3 is 0 Å². The number of hydrogen-bond acceptors (Lipinski definition) is 3. The molecule has 0 aliphatic carbocycles. The highest BCUT2D eigenvalue weighted by molar-refractivity contribution is 5.15. The fraction of sp³-hybridized carbons (Fsp3) is 0.0909. The summed E-state index contributed by atoms with van der Waals surface area (Å²) >= 11 is 0. The molecule has 0 amide bonds. The van der Waals surface area contributed by atoms with E-state index in [1.807, 2.05) is 30.3 Å². The molecule has 3 nitrogen and oxygen atoms in total. The number of hydrogen-bond donors (Lipinski definition) is 0. The van der Waals surface area contributed by atoms with Gasteiger partial charge in [-0.05, 0) is 11.6 Å². The number of benzene rings is 1. The highest BCUT2D eigenvalue weighted by Crippen LogP contribution is 2.06. The average molecular weight is 186 g/mol. The van der Waals surface area contributed by atoms with E-state index < -0.39 is 0 Å². The molecule has 70 valence electrons. The Bertz CT molecular complexity index is 336. The van der Waals surface area contributed by atoms with Crippen LogP contribution in [0.2, 0.25) is 0 Å². The fourth-order valence-corrected chi connectivity index (χ4v) is 1.10. The van der Waals surface area contributed by atoms with Gasteiger partial charge in [-0.3, -0.25) is 0 Å². The van der Waals surface area contributed by atoms with Crippen molar-refractivity contribution in [3.63, 3.8) is 0 Å². The Morgan fingerprint density at radius 2 is 1.86 bits per heavy atom. The first kappa shape index (κ1) is 8.69. The van der Waals surface area contributed by atoms with Crippen LogP contribution in [0.3, 0.4) is 0 Å². The van der Waals surface area contributed by atoms with Crippen LogP contribution in [0.25, 0.3) is 0 Å². The van der Waals surface area contributed by atoms with Crippen molar-refractivity contribution in [3.8, 4) is 5.88 Å². The lowest BCUT2D eigenvalue weighted by atomic mass is 10.2. The van der Waals surface area contributed by atoms with Crippen molar-refractivity contribution < 1.29 is 4.74 Å². The van der Waals surface area contributed by atoms with E-state index in [9.17, 15) is 0 Å². The Labute approximate surface area is 82.4 Å². The van der Waals surface area contributed by atoms with Gasteiger partial charge in [-0.15, -0.1) is 5.10 Å². The molecule has 0 bridgehead atoms. The quantitative estimate of drug-likeness (QED) is 0.735. The Balaban J connectivity index is 1.96. The minimum Gasteiger partial charge on any atom is -0.472 e. The smallest absolute Gasteiger partial charge is 0.233 e. The lowest BCUT2D eigenvalue weighted by Gasteiger charge is -2.03. The second-order valence-electron chi connectivity index (χ2n) is 2.84. The van der Waals surface area contributed by atoms with Crippen molar-refractivity contribution in [1.29, 1.82) is 0 Å². The summed E-state index contributed by atoms with van der Waals surface area (Å²) < 4.78 is 5.42. The van der Waals surface area contributed by atoms with Gasteiger partial charge in [0.15, 0.2) is 0 Å². The van der Waals surface area contributed by atoms with Crippen LogP contribution in [0.1, 0.15) is 5.56 Å². The van der Waals surface area contributed by atoms with Crippen molar-refractivity contribution in [2.75, 3.05) is 0 Å². The summed E-state index contributed by atoms with van der Waals surface area (Å²) in [7, 11) is 0. The SMILES string of the molecule is c1ccc(COc2cccnn2)cc1. The van der Waals surface area contributed by atoms with E-state index in [2.05, 4.69) is 10.2 Å². The van der Waals surface area contributed by atoms with Crippen molar-refractivity contribution in [2.45, 2.75) is 6.61 Å². The molecule has 1 heterocycles. The summed E-state index contributed by atoms with van der Waals surface area (Å²) in [5.41, 5.74) is 1.12. The van der Waals surface area contributed by atoms with Gasteiger partial charge in [0.05, 0.1) is 0 Å². The van der Waals surface area contributed by atoms with Gasteiger partial charge < -0.3 is 4.74 Å². The molecule has 3 heteroatoms. The molecule has 0 unspecified atom stereocenters. The zero-order valence-electron chi connectivity index (χ0n) is 7.63. The molecule has 0 aliphatic heterocycles. The second-order valence-corrected chi connectivity index (χ2v) is 2.84. The molecule has 1 aromatic heterocycles. The minimum absolute atomic E-state index is 0.527. The van der Waals surface area contributed by atoms with Crippen LogP contribution in [-0.2, 0) is 6.61 Å². The average Bonchev–Trinajstić information content (AvgIpc) is 2.29. The summed E-state index contributed by atoms with van der Waals surface area (Å²) in [5.74, 6) is 0.552. The fourth-order valence-electron chi connectivity index (χ4n) is 1.10. The van der Waals surface area contributed by atoms with Gasteiger partial charge in [0.1, 0.15) is 6.61 Å². The molecule has 2 aromatic rings. The van der Waals surface area contributed by atoms with Gasteiger partial charge in [0, 0.05) is 12.3 Å². The predicted molar refractivity (Wildman–Crippen MR) is 52.8 cm³/mol. The van der Waals surface area contributed by atoms with E-state index in [4.69, 9.17) is 4.74 Å². The van der Waals surface area contributed by atoms with Crippen molar-refractivity contribution >= 4 is 0 Å². The summed E-state index contributed by atoms with van der Waals surface area (Å²) in [6, 6.07) is 13.5. The molecule has 0 saturated heterocycles.